The smallest absolute Gasteiger partial charge is 0.307 e. The first-order valence-electron chi connectivity index (χ1n) is 4.98. The molecule has 2 unspecified atom stereocenters. The monoisotopic (exact) mass is 226 g/mol. The van der Waals surface area contributed by atoms with Crippen LogP contribution >= 0.6 is 11.3 Å². The summed E-state index contributed by atoms with van der Waals surface area (Å²) in [5.74, 6) is -0.822. The van der Waals surface area contributed by atoms with Crippen LogP contribution in [0.4, 0.5) is 0 Å². The summed E-state index contributed by atoms with van der Waals surface area (Å²) in [6.07, 6.45) is 2.53. The Balaban J connectivity index is 2.20. The molecule has 1 fully saturated rings. The number of aromatic nitrogens is 1. The van der Waals surface area contributed by atoms with Crippen LogP contribution in [0, 0.1) is 5.92 Å². The molecule has 2 rings (SSSR count). The first-order valence-corrected chi connectivity index (χ1v) is 5.86. The van der Waals surface area contributed by atoms with Gasteiger partial charge in [0.2, 0.25) is 0 Å². The second-order valence-corrected chi connectivity index (χ2v) is 4.92. The Morgan fingerprint density at radius 1 is 1.73 bits per heavy atom. The molecule has 0 radical (unpaired) electrons. The van der Waals surface area contributed by atoms with E-state index in [4.69, 9.17) is 5.11 Å². The van der Waals surface area contributed by atoms with Gasteiger partial charge in [-0.1, -0.05) is 0 Å². The Kier molecular flexibility index (Phi) is 3.02. The number of carboxylic acid groups (broad SMARTS) is 1. The van der Waals surface area contributed by atoms with Crippen LogP contribution in [0.5, 0.6) is 0 Å². The van der Waals surface area contributed by atoms with Gasteiger partial charge in [-0.3, -0.25) is 9.78 Å². The molecule has 0 amide bonds. The lowest BCUT2D eigenvalue weighted by molar-refractivity contribution is -0.144. The number of rotatable bonds is 2. The van der Waals surface area contributed by atoms with Crippen molar-refractivity contribution in [2.24, 2.45) is 5.92 Å². The van der Waals surface area contributed by atoms with Gasteiger partial charge in [-0.05, 0) is 20.0 Å². The van der Waals surface area contributed by atoms with Crippen LogP contribution < -0.4 is 0 Å². The molecule has 4 nitrogen and oxygen atoms in total. The fourth-order valence-electron chi connectivity index (χ4n) is 2.11. The van der Waals surface area contributed by atoms with Gasteiger partial charge in [0.05, 0.1) is 11.4 Å². The van der Waals surface area contributed by atoms with Crippen LogP contribution in [-0.2, 0) is 4.79 Å². The van der Waals surface area contributed by atoms with E-state index in [-0.39, 0.29) is 11.8 Å². The van der Waals surface area contributed by atoms with Gasteiger partial charge in [0.1, 0.15) is 0 Å². The molecule has 1 aromatic heterocycles. The van der Waals surface area contributed by atoms with E-state index in [0.29, 0.717) is 0 Å². The first kappa shape index (κ1) is 10.6. The second-order valence-electron chi connectivity index (χ2n) is 4.01. The molecule has 15 heavy (non-hydrogen) atoms. The SMILES string of the molecule is CN1CCC(C(=O)O)C(c2cncs2)C1. The zero-order valence-corrected chi connectivity index (χ0v) is 9.41. The van der Waals surface area contributed by atoms with Crippen LogP contribution in [0.3, 0.4) is 0 Å². The van der Waals surface area contributed by atoms with E-state index >= 15 is 0 Å². The van der Waals surface area contributed by atoms with Crippen molar-refractivity contribution in [3.8, 4) is 0 Å². The minimum Gasteiger partial charge on any atom is -0.481 e. The maximum absolute atomic E-state index is 11.1. The maximum atomic E-state index is 11.1. The van der Waals surface area contributed by atoms with Gasteiger partial charge in [-0.25, -0.2) is 0 Å². The van der Waals surface area contributed by atoms with Crippen LogP contribution in [0.25, 0.3) is 0 Å². The lowest BCUT2D eigenvalue weighted by atomic mass is 9.85. The van der Waals surface area contributed by atoms with Crippen molar-refractivity contribution in [3.63, 3.8) is 0 Å². The normalized spacial score (nSPS) is 27.8. The average Bonchev–Trinajstić information content (AvgIpc) is 2.69. The molecule has 0 spiro atoms. The highest BCUT2D eigenvalue weighted by molar-refractivity contribution is 7.09. The molecule has 2 heterocycles. The van der Waals surface area contributed by atoms with Crippen molar-refractivity contribution in [1.82, 2.24) is 9.88 Å². The summed E-state index contributed by atoms with van der Waals surface area (Å²) in [7, 11) is 2.03. The largest absolute Gasteiger partial charge is 0.481 e. The Labute approximate surface area is 92.6 Å². The van der Waals surface area contributed by atoms with Crippen molar-refractivity contribution in [2.45, 2.75) is 12.3 Å². The Bertz CT molecular complexity index is 339. The third-order valence-corrected chi connectivity index (χ3v) is 3.86. The molecular weight excluding hydrogens is 212 g/mol. The van der Waals surface area contributed by atoms with Gasteiger partial charge < -0.3 is 10.0 Å². The summed E-state index contributed by atoms with van der Waals surface area (Å²) in [4.78, 5) is 18.4. The molecule has 0 aromatic carbocycles. The van der Waals surface area contributed by atoms with E-state index in [1.807, 2.05) is 7.05 Å². The number of carboxylic acids is 1. The zero-order chi connectivity index (χ0) is 10.8. The molecule has 0 saturated carbocycles. The minimum atomic E-state index is -0.679. The number of likely N-dealkylation sites (tertiary alicyclic amines) is 1. The van der Waals surface area contributed by atoms with E-state index in [1.165, 1.54) is 0 Å². The number of hydrogen-bond acceptors (Lipinski definition) is 4. The van der Waals surface area contributed by atoms with Crippen molar-refractivity contribution < 1.29 is 9.90 Å². The van der Waals surface area contributed by atoms with Gasteiger partial charge in [0.15, 0.2) is 0 Å². The van der Waals surface area contributed by atoms with Gasteiger partial charge in [-0.2, -0.15) is 0 Å². The third-order valence-electron chi connectivity index (χ3n) is 2.95. The summed E-state index contributed by atoms with van der Waals surface area (Å²) in [6, 6.07) is 0. The van der Waals surface area contributed by atoms with E-state index in [0.717, 1.165) is 24.4 Å². The molecule has 82 valence electrons. The molecule has 1 aliphatic rings. The van der Waals surface area contributed by atoms with Gasteiger partial charge in [0, 0.05) is 23.5 Å². The van der Waals surface area contributed by atoms with Gasteiger partial charge in [0.25, 0.3) is 0 Å². The Morgan fingerprint density at radius 2 is 2.53 bits per heavy atom. The molecule has 1 aliphatic heterocycles. The average molecular weight is 226 g/mol. The first-order chi connectivity index (χ1) is 7.18. The van der Waals surface area contributed by atoms with Gasteiger partial charge >= 0.3 is 5.97 Å². The second kappa shape index (κ2) is 4.28. The number of nitrogens with zero attached hydrogens (tertiary/aromatic N) is 2. The maximum Gasteiger partial charge on any atom is 0.307 e. The summed E-state index contributed by atoms with van der Waals surface area (Å²) < 4.78 is 0. The fourth-order valence-corrected chi connectivity index (χ4v) is 2.89. The van der Waals surface area contributed by atoms with Crippen molar-refractivity contribution >= 4 is 17.3 Å². The number of likely N-dealkylation sites (N-methyl/N-ethyl adjacent to an activating group) is 1. The Hall–Kier alpha value is -0.940. The van der Waals surface area contributed by atoms with Crippen LogP contribution in [0.1, 0.15) is 17.2 Å². The summed E-state index contributed by atoms with van der Waals surface area (Å²) in [6.45, 7) is 1.69. The van der Waals surface area contributed by atoms with E-state index in [2.05, 4.69) is 9.88 Å². The standard InChI is InChI=1S/C10H14N2O2S/c1-12-3-2-7(10(13)14)8(5-12)9-4-11-6-15-9/h4,6-8H,2-3,5H2,1H3,(H,13,14). The predicted octanol–water partition coefficient (Wildman–Crippen LogP) is 1.26. The Morgan fingerprint density at radius 3 is 3.13 bits per heavy atom. The molecule has 1 N–H and O–H groups in total. The van der Waals surface area contributed by atoms with Crippen LogP contribution in [-0.4, -0.2) is 41.1 Å². The van der Waals surface area contributed by atoms with E-state index in [1.54, 1.807) is 23.0 Å². The summed E-state index contributed by atoms with van der Waals surface area (Å²) in [5.41, 5.74) is 1.77. The molecular formula is C10H14N2O2S. The highest BCUT2D eigenvalue weighted by Crippen LogP contribution is 2.33. The lowest BCUT2D eigenvalue weighted by Gasteiger charge is -2.33. The van der Waals surface area contributed by atoms with Crippen molar-refractivity contribution in [2.75, 3.05) is 20.1 Å². The van der Waals surface area contributed by atoms with Crippen LogP contribution in [0.15, 0.2) is 11.7 Å². The summed E-state index contributed by atoms with van der Waals surface area (Å²) >= 11 is 1.55. The molecule has 0 aliphatic carbocycles. The topological polar surface area (TPSA) is 53.4 Å². The van der Waals surface area contributed by atoms with Gasteiger partial charge in [-0.15, -0.1) is 11.3 Å². The van der Waals surface area contributed by atoms with E-state index < -0.39 is 5.97 Å². The number of carbonyl (C=O) groups is 1. The quantitative estimate of drug-likeness (QED) is 0.825. The lowest BCUT2D eigenvalue weighted by Crippen LogP contribution is -2.39. The highest BCUT2D eigenvalue weighted by atomic mass is 32.1. The number of thiazole rings is 1. The minimum absolute atomic E-state index is 0.105. The van der Waals surface area contributed by atoms with Crippen LogP contribution in [0.2, 0.25) is 0 Å². The zero-order valence-electron chi connectivity index (χ0n) is 8.59. The fraction of sp³-hybridized carbons (Fsp3) is 0.600. The highest BCUT2D eigenvalue weighted by Gasteiger charge is 2.34. The molecule has 5 heteroatoms. The van der Waals surface area contributed by atoms with E-state index in [9.17, 15) is 4.79 Å². The molecule has 1 aromatic rings. The molecule has 0 bridgehead atoms. The van der Waals surface area contributed by atoms with Crippen molar-refractivity contribution in [3.05, 3.63) is 16.6 Å². The summed E-state index contributed by atoms with van der Waals surface area (Å²) in [5, 5.41) is 9.16. The number of hydrogen-bond donors (Lipinski definition) is 1. The predicted molar refractivity (Wildman–Crippen MR) is 58.1 cm³/mol. The number of piperidine rings is 1. The molecule has 1 saturated heterocycles. The van der Waals surface area contributed by atoms with Crippen molar-refractivity contribution in [1.29, 1.82) is 0 Å². The number of aliphatic carboxylic acids is 1. The third kappa shape index (κ3) is 2.18. The molecule has 2 atom stereocenters.